The molecule has 0 aliphatic heterocycles. The van der Waals surface area contributed by atoms with Crippen molar-refractivity contribution in [2.75, 3.05) is 10.9 Å². The molecule has 0 saturated heterocycles. The van der Waals surface area contributed by atoms with Crippen LogP contribution in [-0.4, -0.2) is 32.1 Å². The SMILES string of the molecule is CC(C=NNc1ccc([N+](=O)[O-])cc1[N+](=O)[O-])C1CCC(C)C1C=NNc1ccc([N+](=O)[O-])cc1[N+](=O)[O-]. The number of nitrogens with zero attached hydrogens (tertiary/aromatic N) is 6. The maximum Gasteiger partial charge on any atom is 0.301 e. The van der Waals surface area contributed by atoms with Crippen molar-refractivity contribution in [2.45, 2.75) is 26.7 Å². The monoisotopic (exact) mass is 528 g/mol. The van der Waals surface area contributed by atoms with Crippen molar-refractivity contribution in [2.24, 2.45) is 33.9 Å². The van der Waals surface area contributed by atoms with Crippen molar-refractivity contribution in [3.05, 3.63) is 76.9 Å². The van der Waals surface area contributed by atoms with Crippen molar-refractivity contribution < 1.29 is 19.7 Å². The number of benzene rings is 2. The largest absolute Gasteiger partial charge is 0.301 e. The summed E-state index contributed by atoms with van der Waals surface area (Å²) in [5.74, 6) is 0.237. The fraction of sp³-hybridized carbons (Fsp3) is 0.364. The second-order valence-electron chi connectivity index (χ2n) is 8.87. The summed E-state index contributed by atoms with van der Waals surface area (Å²) in [7, 11) is 0. The summed E-state index contributed by atoms with van der Waals surface area (Å²) in [6.45, 7) is 3.97. The quantitative estimate of drug-likeness (QED) is 0.222. The number of hydrogen-bond acceptors (Lipinski definition) is 12. The molecule has 0 aromatic heterocycles. The Labute approximate surface area is 215 Å². The fourth-order valence-corrected chi connectivity index (χ4v) is 4.42. The number of hydrogen-bond donors (Lipinski definition) is 2. The Hall–Kier alpha value is -5.02. The highest BCUT2D eigenvalue weighted by Gasteiger charge is 2.35. The summed E-state index contributed by atoms with van der Waals surface area (Å²) in [5, 5.41) is 52.7. The number of nitrogens with one attached hydrogen (secondary N) is 2. The highest BCUT2D eigenvalue weighted by Crippen LogP contribution is 2.40. The first-order valence-corrected chi connectivity index (χ1v) is 11.4. The minimum absolute atomic E-state index is 0.0100. The maximum atomic E-state index is 11.3. The molecule has 16 nitrogen and oxygen atoms in total. The zero-order chi connectivity index (χ0) is 28.0. The summed E-state index contributed by atoms with van der Waals surface area (Å²) in [5.41, 5.74) is 3.45. The van der Waals surface area contributed by atoms with E-state index in [1.807, 2.05) is 13.8 Å². The Bertz CT molecular complexity index is 1310. The van der Waals surface area contributed by atoms with Gasteiger partial charge in [0, 0.05) is 30.5 Å². The predicted molar refractivity (Wildman–Crippen MR) is 138 cm³/mol. The molecule has 0 spiro atoms. The van der Waals surface area contributed by atoms with Gasteiger partial charge >= 0.3 is 11.4 Å². The Morgan fingerprint density at radius 1 is 0.816 bits per heavy atom. The van der Waals surface area contributed by atoms with E-state index in [-0.39, 0.29) is 35.0 Å². The second kappa shape index (κ2) is 11.8. The van der Waals surface area contributed by atoms with Crippen molar-refractivity contribution in [1.82, 2.24) is 0 Å². The number of nitro groups is 4. The zero-order valence-corrected chi connectivity index (χ0v) is 20.3. The van der Waals surface area contributed by atoms with Crippen LogP contribution in [0.3, 0.4) is 0 Å². The Morgan fingerprint density at radius 2 is 1.32 bits per heavy atom. The number of rotatable bonds is 11. The van der Waals surface area contributed by atoms with Gasteiger partial charge in [0.25, 0.3) is 11.4 Å². The minimum atomic E-state index is -0.734. The van der Waals surface area contributed by atoms with E-state index in [0.717, 1.165) is 37.1 Å². The number of hydrazone groups is 2. The smallest absolute Gasteiger partial charge is 0.272 e. The summed E-state index contributed by atoms with van der Waals surface area (Å²) in [6, 6.07) is 6.44. The summed E-state index contributed by atoms with van der Waals surface area (Å²) >= 11 is 0. The van der Waals surface area contributed by atoms with Gasteiger partial charge in [-0.3, -0.25) is 51.3 Å². The van der Waals surface area contributed by atoms with Crippen LogP contribution in [0.4, 0.5) is 34.1 Å². The van der Waals surface area contributed by atoms with E-state index in [1.54, 1.807) is 12.4 Å². The molecule has 2 aromatic rings. The lowest BCUT2D eigenvalue weighted by Gasteiger charge is -2.22. The molecule has 0 bridgehead atoms. The van der Waals surface area contributed by atoms with Crippen LogP contribution in [0.25, 0.3) is 0 Å². The van der Waals surface area contributed by atoms with Crippen molar-refractivity contribution in [1.29, 1.82) is 0 Å². The van der Waals surface area contributed by atoms with Gasteiger partial charge in [-0.15, -0.1) is 0 Å². The average molecular weight is 528 g/mol. The van der Waals surface area contributed by atoms with Crippen molar-refractivity contribution in [3.63, 3.8) is 0 Å². The fourth-order valence-electron chi connectivity index (χ4n) is 4.42. The molecule has 4 atom stereocenters. The lowest BCUT2D eigenvalue weighted by molar-refractivity contribution is -0.393. The van der Waals surface area contributed by atoms with Crippen LogP contribution in [0, 0.1) is 64.1 Å². The van der Waals surface area contributed by atoms with Gasteiger partial charge in [0.15, 0.2) is 0 Å². The lowest BCUT2D eigenvalue weighted by Crippen LogP contribution is -2.22. The first-order valence-electron chi connectivity index (χ1n) is 11.4. The average Bonchev–Trinajstić information content (AvgIpc) is 3.23. The van der Waals surface area contributed by atoms with E-state index in [0.29, 0.717) is 0 Å². The summed E-state index contributed by atoms with van der Waals surface area (Å²) < 4.78 is 0. The summed E-state index contributed by atoms with van der Waals surface area (Å²) in [6.07, 6.45) is 5.01. The minimum Gasteiger partial charge on any atom is -0.272 e. The van der Waals surface area contributed by atoms with E-state index in [9.17, 15) is 40.5 Å². The van der Waals surface area contributed by atoms with E-state index in [4.69, 9.17) is 0 Å². The first kappa shape index (κ1) is 27.6. The number of nitro benzene ring substituents is 4. The Morgan fingerprint density at radius 3 is 1.79 bits per heavy atom. The third kappa shape index (κ3) is 6.40. The maximum absolute atomic E-state index is 11.3. The van der Waals surface area contributed by atoms with E-state index in [1.165, 1.54) is 12.1 Å². The standard InChI is InChI=1S/C22H24N8O8/c1-13-3-6-17(14(2)11-23-25-19-7-4-15(27(31)32)9-21(19)29(35)36)18(13)12-24-26-20-8-5-16(28(33)34)10-22(20)30(37)38/h4-5,7-14,17-18,25-26H,3,6H2,1-2H3. The molecule has 4 unspecified atom stereocenters. The molecular formula is C22H24N8O8. The van der Waals surface area contributed by atoms with Crippen LogP contribution in [0.5, 0.6) is 0 Å². The van der Waals surface area contributed by atoms with Gasteiger partial charge in [-0.1, -0.05) is 13.8 Å². The van der Waals surface area contributed by atoms with Crippen LogP contribution in [0.15, 0.2) is 46.6 Å². The third-order valence-electron chi connectivity index (χ3n) is 6.49. The molecule has 1 saturated carbocycles. The molecule has 0 heterocycles. The van der Waals surface area contributed by atoms with Gasteiger partial charge < -0.3 is 0 Å². The van der Waals surface area contributed by atoms with Crippen LogP contribution >= 0.6 is 0 Å². The Balaban J connectivity index is 1.70. The van der Waals surface area contributed by atoms with Crippen LogP contribution in [-0.2, 0) is 0 Å². The second-order valence-corrected chi connectivity index (χ2v) is 8.87. The van der Waals surface area contributed by atoms with E-state index >= 15 is 0 Å². The lowest BCUT2D eigenvalue weighted by atomic mass is 9.83. The van der Waals surface area contributed by atoms with Gasteiger partial charge in [-0.2, -0.15) is 10.2 Å². The predicted octanol–water partition coefficient (Wildman–Crippen LogP) is 5.11. The van der Waals surface area contributed by atoms with Crippen LogP contribution in [0.1, 0.15) is 26.7 Å². The van der Waals surface area contributed by atoms with Crippen molar-refractivity contribution in [3.8, 4) is 0 Å². The molecule has 3 rings (SSSR count). The van der Waals surface area contributed by atoms with Gasteiger partial charge in [0.05, 0.1) is 31.8 Å². The molecule has 0 amide bonds. The highest BCUT2D eigenvalue weighted by atomic mass is 16.6. The van der Waals surface area contributed by atoms with Gasteiger partial charge in [0.1, 0.15) is 11.4 Å². The van der Waals surface area contributed by atoms with Crippen molar-refractivity contribution >= 4 is 46.6 Å². The molecular weight excluding hydrogens is 504 g/mol. The number of anilines is 2. The third-order valence-corrected chi connectivity index (χ3v) is 6.49. The topological polar surface area (TPSA) is 221 Å². The molecule has 2 N–H and O–H groups in total. The molecule has 16 heteroatoms. The van der Waals surface area contributed by atoms with Gasteiger partial charge in [0.2, 0.25) is 0 Å². The van der Waals surface area contributed by atoms with Gasteiger partial charge in [-0.05, 0) is 42.7 Å². The number of non-ortho nitro benzene ring substituents is 2. The summed E-state index contributed by atoms with van der Waals surface area (Å²) in [4.78, 5) is 41.5. The molecule has 2 aromatic carbocycles. The normalized spacial score (nSPS) is 19.9. The van der Waals surface area contributed by atoms with Crippen LogP contribution < -0.4 is 10.9 Å². The highest BCUT2D eigenvalue weighted by molar-refractivity contribution is 5.71. The molecule has 200 valence electrons. The molecule has 1 aliphatic rings. The molecule has 1 fully saturated rings. The molecule has 38 heavy (non-hydrogen) atoms. The van der Waals surface area contributed by atoms with E-state index < -0.39 is 42.4 Å². The Kier molecular flexibility index (Phi) is 8.57. The molecule has 1 aliphatic carbocycles. The van der Waals surface area contributed by atoms with Gasteiger partial charge in [-0.25, -0.2) is 0 Å². The van der Waals surface area contributed by atoms with E-state index in [2.05, 4.69) is 21.1 Å². The van der Waals surface area contributed by atoms with Crippen LogP contribution in [0.2, 0.25) is 0 Å². The first-order chi connectivity index (χ1) is 18.0. The molecule has 0 radical (unpaired) electrons. The zero-order valence-electron chi connectivity index (χ0n) is 20.3.